The molecule has 2 heterocycles. The van der Waals surface area contributed by atoms with Crippen molar-refractivity contribution >= 4 is 5.97 Å². The van der Waals surface area contributed by atoms with Crippen LogP contribution < -0.4 is 0 Å². The van der Waals surface area contributed by atoms with Crippen molar-refractivity contribution in [2.24, 2.45) is 0 Å². The molecule has 88 valence electrons. The highest BCUT2D eigenvalue weighted by molar-refractivity contribution is 5.96. The first-order valence-electron chi connectivity index (χ1n) is 4.79. The normalized spacial score (nSPS) is 10.3. The highest BCUT2D eigenvalue weighted by Crippen LogP contribution is 2.27. The van der Waals surface area contributed by atoms with Crippen molar-refractivity contribution in [3.05, 3.63) is 35.6 Å². The summed E-state index contributed by atoms with van der Waals surface area (Å²) in [5.41, 5.74) is 0.393. The standard InChI is InChI=1S/C11H9FN2O3/c1-6-9(11(15)16-2)10(14-17-6)7-3-4-13-5-8(7)12/h3-5H,1-2H3. The number of nitrogens with zero attached hydrogens (tertiary/aromatic N) is 2. The van der Waals surface area contributed by atoms with Crippen molar-refractivity contribution in [3.8, 4) is 11.3 Å². The van der Waals surface area contributed by atoms with E-state index in [1.165, 1.54) is 19.4 Å². The van der Waals surface area contributed by atoms with E-state index < -0.39 is 11.8 Å². The van der Waals surface area contributed by atoms with Crippen LogP contribution in [0.3, 0.4) is 0 Å². The molecule has 0 radical (unpaired) electrons. The molecule has 0 aromatic carbocycles. The van der Waals surface area contributed by atoms with Crippen LogP contribution >= 0.6 is 0 Å². The molecule has 0 fully saturated rings. The number of methoxy groups -OCH3 is 1. The van der Waals surface area contributed by atoms with E-state index in [1.807, 2.05) is 0 Å². The Bertz CT molecular complexity index is 566. The first kappa shape index (κ1) is 11.3. The Morgan fingerprint density at radius 2 is 2.29 bits per heavy atom. The van der Waals surface area contributed by atoms with Gasteiger partial charge in [-0.05, 0) is 13.0 Å². The van der Waals surface area contributed by atoms with Gasteiger partial charge in [0.25, 0.3) is 0 Å². The van der Waals surface area contributed by atoms with Crippen molar-refractivity contribution < 1.29 is 18.4 Å². The quantitative estimate of drug-likeness (QED) is 0.746. The minimum atomic E-state index is -0.616. The van der Waals surface area contributed by atoms with Crippen LogP contribution in [0.4, 0.5) is 4.39 Å². The number of carbonyl (C=O) groups is 1. The Morgan fingerprint density at radius 1 is 1.53 bits per heavy atom. The van der Waals surface area contributed by atoms with E-state index in [2.05, 4.69) is 14.9 Å². The van der Waals surface area contributed by atoms with E-state index >= 15 is 0 Å². The molecule has 2 aromatic heterocycles. The van der Waals surface area contributed by atoms with Crippen LogP contribution in [0.1, 0.15) is 16.1 Å². The molecule has 0 saturated carbocycles. The first-order valence-corrected chi connectivity index (χ1v) is 4.79. The fourth-order valence-corrected chi connectivity index (χ4v) is 1.47. The number of aryl methyl sites for hydroxylation is 1. The van der Waals surface area contributed by atoms with E-state index in [0.29, 0.717) is 0 Å². The second-order valence-corrected chi connectivity index (χ2v) is 3.31. The lowest BCUT2D eigenvalue weighted by molar-refractivity contribution is 0.0599. The zero-order chi connectivity index (χ0) is 12.4. The molecule has 0 spiro atoms. The van der Waals surface area contributed by atoms with Gasteiger partial charge in [-0.1, -0.05) is 5.16 Å². The fourth-order valence-electron chi connectivity index (χ4n) is 1.47. The number of ether oxygens (including phenoxy) is 1. The topological polar surface area (TPSA) is 65.2 Å². The van der Waals surface area contributed by atoms with Crippen LogP contribution in [0.25, 0.3) is 11.3 Å². The number of aromatic nitrogens is 2. The smallest absolute Gasteiger partial charge is 0.343 e. The summed E-state index contributed by atoms with van der Waals surface area (Å²) in [5, 5.41) is 3.67. The minimum Gasteiger partial charge on any atom is -0.465 e. The lowest BCUT2D eigenvalue weighted by atomic mass is 10.1. The van der Waals surface area contributed by atoms with E-state index in [4.69, 9.17) is 4.52 Å². The molecule has 0 saturated heterocycles. The molecular formula is C11H9FN2O3. The first-order chi connectivity index (χ1) is 8.15. The van der Waals surface area contributed by atoms with Crippen LogP contribution in [0.5, 0.6) is 0 Å². The van der Waals surface area contributed by atoms with Crippen LogP contribution in [0.15, 0.2) is 23.0 Å². The summed E-state index contributed by atoms with van der Waals surface area (Å²) in [7, 11) is 1.24. The third-order valence-electron chi connectivity index (χ3n) is 2.28. The number of esters is 1. The minimum absolute atomic E-state index is 0.120. The second kappa shape index (κ2) is 4.32. The van der Waals surface area contributed by atoms with Crippen molar-refractivity contribution in [1.82, 2.24) is 10.1 Å². The number of pyridine rings is 1. The van der Waals surface area contributed by atoms with Gasteiger partial charge >= 0.3 is 5.97 Å². The molecule has 0 unspecified atom stereocenters. The Labute approximate surface area is 96.2 Å². The molecule has 0 aliphatic carbocycles. The molecule has 6 heteroatoms. The Morgan fingerprint density at radius 3 is 2.94 bits per heavy atom. The SMILES string of the molecule is COC(=O)c1c(-c2ccncc2F)noc1C. The van der Waals surface area contributed by atoms with Gasteiger partial charge in [0.15, 0.2) is 5.82 Å². The lowest BCUT2D eigenvalue weighted by Crippen LogP contribution is -2.04. The zero-order valence-electron chi connectivity index (χ0n) is 9.23. The molecule has 0 aliphatic rings. The zero-order valence-corrected chi connectivity index (χ0v) is 9.23. The average molecular weight is 236 g/mol. The largest absolute Gasteiger partial charge is 0.465 e. The predicted molar refractivity (Wildman–Crippen MR) is 55.8 cm³/mol. The van der Waals surface area contributed by atoms with Gasteiger partial charge in [0.05, 0.1) is 13.3 Å². The van der Waals surface area contributed by atoms with Gasteiger partial charge in [-0.25, -0.2) is 9.18 Å². The predicted octanol–water partition coefficient (Wildman–Crippen LogP) is 1.97. The number of carbonyl (C=O) groups excluding carboxylic acids is 1. The van der Waals surface area contributed by atoms with Crippen molar-refractivity contribution in [2.75, 3.05) is 7.11 Å². The molecule has 0 amide bonds. The average Bonchev–Trinajstić information content (AvgIpc) is 2.71. The lowest BCUT2D eigenvalue weighted by Gasteiger charge is -2.01. The Kier molecular flexibility index (Phi) is 2.86. The van der Waals surface area contributed by atoms with Gasteiger partial charge in [-0.3, -0.25) is 4.98 Å². The molecule has 2 rings (SSSR count). The summed E-state index contributed by atoms with van der Waals surface area (Å²) in [6, 6.07) is 1.42. The molecule has 2 aromatic rings. The highest BCUT2D eigenvalue weighted by atomic mass is 19.1. The highest BCUT2D eigenvalue weighted by Gasteiger charge is 2.23. The molecule has 0 bridgehead atoms. The second-order valence-electron chi connectivity index (χ2n) is 3.31. The molecule has 0 aliphatic heterocycles. The summed E-state index contributed by atoms with van der Waals surface area (Å²) < 4.78 is 23.0. The molecule has 17 heavy (non-hydrogen) atoms. The number of halogens is 1. The van der Waals surface area contributed by atoms with Crippen LogP contribution in [0, 0.1) is 12.7 Å². The Hall–Kier alpha value is -2.24. The molecule has 0 atom stereocenters. The van der Waals surface area contributed by atoms with Crippen molar-refractivity contribution in [2.45, 2.75) is 6.92 Å². The van der Waals surface area contributed by atoms with E-state index in [1.54, 1.807) is 6.92 Å². The molecule has 5 nitrogen and oxygen atoms in total. The monoisotopic (exact) mass is 236 g/mol. The summed E-state index contributed by atoms with van der Waals surface area (Å²) >= 11 is 0. The van der Waals surface area contributed by atoms with Gasteiger partial charge in [-0.15, -0.1) is 0 Å². The van der Waals surface area contributed by atoms with Crippen molar-refractivity contribution in [3.63, 3.8) is 0 Å². The molecular weight excluding hydrogens is 227 g/mol. The van der Waals surface area contributed by atoms with Gasteiger partial charge in [0.2, 0.25) is 0 Å². The number of hydrogen-bond donors (Lipinski definition) is 0. The maximum atomic E-state index is 13.5. The van der Waals surface area contributed by atoms with E-state index in [9.17, 15) is 9.18 Å². The van der Waals surface area contributed by atoms with Crippen molar-refractivity contribution in [1.29, 1.82) is 0 Å². The van der Waals surface area contributed by atoms with Gasteiger partial charge < -0.3 is 9.26 Å². The van der Waals surface area contributed by atoms with Gasteiger partial charge in [0, 0.05) is 11.8 Å². The van der Waals surface area contributed by atoms with Crippen LogP contribution in [-0.2, 0) is 4.74 Å². The summed E-state index contributed by atoms with van der Waals surface area (Å²) in [4.78, 5) is 15.2. The fraction of sp³-hybridized carbons (Fsp3) is 0.182. The Balaban J connectivity index is 2.61. The maximum Gasteiger partial charge on any atom is 0.343 e. The van der Waals surface area contributed by atoms with E-state index in [-0.39, 0.29) is 22.6 Å². The van der Waals surface area contributed by atoms with Crippen LogP contribution in [-0.4, -0.2) is 23.2 Å². The summed E-state index contributed by atoms with van der Waals surface area (Å²) in [6.45, 7) is 1.56. The molecule has 0 N–H and O–H groups in total. The van der Waals surface area contributed by atoms with Gasteiger partial charge in [-0.2, -0.15) is 0 Å². The number of rotatable bonds is 2. The third kappa shape index (κ3) is 1.89. The number of hydrogen-bond acceptors (Lipinski definition) is 5. The maximum absolute atomic E-state index is 13.5. The summed E-state index contributed by atoms with van der Waals surface area (Å²) in [6.07, 6.45) is 2.45. The van der Waals surface area contributed by atoms with Gasteiger partial charge in [0.1, 0.15) is 17.0 Å². The van der Waals surface area contributed by atoms with E-state index in [0.717, 1.165) is 6.20 Å². The summed E-state index contributed by atoms with van der Waals surface area (Å²) in [5.74, 6) is -0.913. The van der Waals surface area contributed by atoms with Crippen LogP contribution in [0.2, 0.25) is 0 Å². The third-order valence-corrected chi connectivity index (χ3v) is 2.28.